The first-order valence-corrected chi connectivity index (χ1v) is 4.80. The second kappa shape index (κ2) is 3.32. The first kappa shape index (κ1) is 9.60. The van der Waals surface area contributed by atoms with E-state index < -0.39 is 0 Å². The zero-order valence-electron chi connectivity index (χ0n) is 8.91. The Morgan fingerprint density at radius 2 is 2.07 bits per heavy atom. The monoisotopic (exact) mass is 199 g/mol. The van der Waals surface area contributed by atoms with Gasteiger partial charge >= 0.3 is 0 Å². The van der Waals surface area contributed by atoms with Crippen LogP contribution in [0.5, 0.6) is 0 Å². The standard InChI is InChI=1S/C12H13N3/c1-4-5-15-11-7-9(3)8(2)6-10(11)14-12(15)13/h1,6-7H,5H2,2-3H3,(H2,13,14). The van der Waals surface area contributed by atoms with E-state index in [1.54, 1.807) is 0 Å². The van der Waals surface area contributed by atoms with Crippen molar-refractivity contribution in [2.45, 2.75) is 20.4 Å². The van der Waals surface area contributed by atoms with Crippen LogP contribution < -0.4 is 5.73 Å². The molecule has 0 aliphatic heterocycles. The predicted octanol–water partition coefficient (Wildman–Crippen LogP) is 1.87. The Morgan fingerprint density at radius 1 is 1.40 bits per heavy atom. The molecule has 0 saturated heterocycles. The molecule has 0 atom stereocenters. The van der Waals surface area contributed by atoms with E-state index >= 15 is 0 Å². The number of anilines is 1. The fraction of sp³-hybridized carbons (Fsp3) is 0.250. The third-order valence-corrected chi connectivity index (χ3v) is 2.64. The van der Waals surface area contributed by atoms with Crippen LogP contribution in [-0.2, 0) is 6.54 Å². The Balaban J connectivity index is 2.77. The summed E-state index contributed by atoms with van der Waals surface area (Å²) in [7, 11) is 0. The molecule has 0 bridgehead atoms. The third kappa shape index (κ3) is 1.44. The number of terminal acetylenes is 1. The number of aromatic nitrogens is 2. The number of nitrogens with zero attached hydrogens (tertiary/aromatic N) is 2. The zero-order valence-corrected chi connectivity index (χ0v) is 8.91. The van der Waals surface area contributed by atoms with Crippen molar-refractivity contribution in [3.05, 3.63) is 23.3 Å². The Labute approximate surface area is 88.9 Å². The molecular formula is C12H13N3. The van der Waals surface area contributed by atoms with Crippen LogP contribution in [0.4, 0.5) is 5.95 Å². The minimum Gasteiger partial charge on any atom is -0.369 e. The van der Waals surface area contributed by atoms with Crippen molar-refractivity contribution in [3.63, 3.8) is 0 Å². The van der Waals surface area contributed by atoms with E-state index in [0.29, 0.717) is 12.5 Å². The number of nitrogen functional groups attached to an aromatic ring is 1. The highest BCUT2D eigenvalue weighted by Crippen LogP contribution is 2.21. The predicted molar refractivity (Wildman–Crippen MR) is 62.5 cm³/mol. The van der Waals surface area contributed by atoms with E-state index in [2.05, 4.69) is 30.8 Å². The highest BCUT2D eigenvalue weighted by Gasteiger charge is 2.08. The quantitative estimate of drug-likeness (QED) is 0.712. The molecule has 3 nitrogen and oxygen atoms in total. The molecule has 0 fully saturated rings. The molecule has 1 heterocycles. The fourth-order valence-electron chi connectivity index (χ4n) is 1.66. The SMILES string of the molecule is C#CCn1c(N)nc2cc(C)c(C)cc21. The van der Waals surface area contributed by atoms with Gasteiger partial charge in [-0.3, -0.25) is 4.57 Å². The topological polar surface area (TPSA) is 43.8 Å². The minimum absolute atomic E-state index is 0.463. The molecular weight excluding hydrogens is 186 g/mol. The van der Waals surface area contributed by atoms with E-state index in [0.717, 1.165) is 11.0 Å². The van der Waals surface area contributed by atoms with Crippen LogP contribution in [0.1, 0.15) is 11.1 Å². The zero-order chi connectivity index (χ0) is 11.0. The minimum atomic E-state index is 0.463. The normalized spacial score (nSPS) is 10.5. The molecule has 0 spiro atoms. The Bertz CT molecular complexity index is 558. The maximum atomic E-state index is 5.80. The lowest BCUT2D eigenvalue weighted by Gasteiger charge is -2.03. The first-order valence-electron chi connectivity index (χ1n) is 4.80. The Morgan fingerprint density at radius 3 is 2.73 bits per heavy atom. The summed E-state index contributed by atoms with van der Waals surface area (Å²) in [5, 5.41) is 0. The highest BCUT2D eigenvalue weighted by atomic mass is 15.1. The summed E-state index contributed by atoms with van der Waals surface area (Å²) in [6.07, 6.45) is 5.29. The van der Waals surface area contributed by atoms with Crippen LogP contribution in [0, 0.1) is 26.2 Å². The first-order chi connectivity index (χ1) is 7.13. The summed E-state index contributed by atoms with van der Waals surface area (Å²) in [5.74, 6) is 3.06. The smallest absolute Gasteiger partial charge is 0.202 e. The van der Waals surface area contributed by atoms with Gasteiger partial charge in [0, 0.05) is 0 Å². The summed E-state index contributed by atoms with van der Waals surface area (Å²) in [6, 6.07) is 4.11. The molecule has 2 N–H and O–H groups in total. The van der Waals surface area contributed by atoms with E-state index in [1.807, 2.05) is 10.6 Å². The van der Waals surface area contributed by atoms with Crippen molar-refractivity contribution in [2.24, 2.45) is 0 Å². The second-order valence-corrected chi connectivity index (χ2v) is 3.69. The van der Waals surface area contributed by atoms with Gasteiger partial charge in [0.15, 0.2) is 0 Å². The number of hydrogen-bond acceptors (Lipinski definition) is 2. The summed E-state index contributed by atoms with van der Waals surface area (Å²) in [6.45, 7) is 4.59. The number of imidazole rings is 1. The molecule has 0 saturated carbocycles. The van der Waals surface area contributed by atoms with Crippen molar-refractivity contribution >= 4 is 17.0 Å². The molecule has 1 aromatic carbocycles. The Kier molecular flexibility index (Phi) is 2.12. The molecule has 2 rings (SSSR count). The van der Waals surface area contributed by atoms with Gasteiger partial charge in [-0.05, 0) is 37.1 Å². The number of nitrogens with two attached hydrogens (primary N) is 1. The van der Waals surface area contributed by atoms with Crippen molar-refractivity contribution in [1.29, 1.82) is 0 Å². The number of fused-ring (bicyclic) bond motifs is 1. The maximum Gasteiger partial charge on any atom is 0.202 e. The van der Waals surface area contributed by atoms with E-state index in [9.17, 15) is 0 Å². The van der Waals surface area contributed by atoms with Gasteiger partial charge in [0.1, 0.15) is 0 Å². The average Bonchev–Trinajstić information content (AvgIpc) is 2.46. The lowest BCUT2D eigenvalue weighted by molar-refractivity contribution is 0.886. The van der Waals surface area contributed by atoms with Gasteiger partial charge in [-0.1, -0.05) is 5.92 Å². The molecule has 0 amide bonds. The molecule has 3 heteroatoms. The van der Waals surface area contributed by atoms with Crippen LogP contribution in [0.2, 0.25) is 0 Å². The van der Waals surface area contributed by atoms with Gasteiger partial charge in [0.05, 0.1) is 17.6 Å². The molecule has 0 aliphatic carbocycles. The third-order valence-electron chi connectivity index (χ3n) is 2.64. The van der Waals surface area contributed by atoms with Crippen molar-refractivity contribution < 1.29 is 0 Å². The summed E-state index contributed by atoms with van der Waals surface area (Å²) in [4.78, 5) is 4.28. The fourth-order valence-corrected chi connectivity index (χ4v) is 1.66. The number of hydrogen-bond donors (Lipinski definition) is 1. The van der Waals surface area contributed by atoms with Crippen molar-refractivity contribution in [3.8, 4) is 12.3 Å². The number of benzene rings is 1. The molecule has 76 valence electrons. The van der Waals surface area contributed by atoms with Gasteiger partial charge in [-0.2, -0.15) is 0 Å². The maximum absolute atomic E-state index is 5.80. The van der Waals surface area contributed by atoms with Gasteiger partial charge in [-0.25, -0.2) is 4.98 Å². The molecule has 0 unspecified atom stereocenters. The molecule has 0 radical (unpaired) electrons. The van der Waals surface area contributed by atoms with Crippen LogP contribution >= 0.6 is 0 Å². The van der Waals surface area contributed by atoms with Crippen LogP contribution in [0.3, 0.4) is 0 Å². The average molecular weight is 199 g/mol. The molecule has 0 aliphatic rings. The van der Waals surface area contributed by atoms with E-state index in [1.165, 1.54) is 11.1 Å². The van der Waals surface area contributed by atoms with Gasteiger partial charge in [0.2, 0.25) is 5.95 Å². The summed E-state index contributed by atoms with van der Waals surface area (Å²) < 4.78 is 1.85. The molecule has 15 heavy (non-hydrogen) atoms. The highest BCUT2D eigenvalue weighted by molar-refractivity contribution is 5.80. The van der Waals surface area contributed by atoms with Crippen LogP contribution in [-0.4, -0.2) is 9.55 Å². The van der Waals surface area contributed by atoms with Crippen LogP contribution in [0.25, 0.3) is 11.0 Å². The van der Waals surface area contributed by atoms with Gasteiger partial charge < -0.3 is 5.73 Å². The summed E-state index contributed by atoms with van der Waals surface area (Å²) >= 11 is 0. The van der Waals surface area contributed by atoms with Gasteiger partial charge in [-0.15, -0.1) is 6.42 Å². The Hall–Kier alpha value is -1.95. The summed E-state index contributed by atoms with van der Waals surface area (Å²) in [5.41, 5.74) is 10.2. The van der Waals surface area contributed by atoms with Crippen molar-refractivity contribution in [2.75, 3.05) is 5.73 Å². The number of aryl methyl sites for hydroxylation is 2. The van der Waals surface area contributed by atoms with E-state index in [-0.39, 0.29) is 0 Å². The lowest BCUT2D eigenvalue weighted by atomic mass is 10.1. The molecule has 1 aromatic heterocycles. The van der Waals surface area contributed by atoms with E-state index in [4.69, 9.17) is 12.2 Å². The largest absolute Gasteiger partial charge is 0.369 e. The van der Waals surface area contributed by atoms with Crippen LogP contribution in [0.15, 0.2) is 12.1 Å². The van der Waals surface area contributed by atoms with Gasteiger partial charge in [0.25, 0.3) is 0 Å². The second-order valence-electron chi connectivity index (χ2n) is 3.69. The lowest BCUT2D eigenvalue weighted by Crippen LogP contribution is -2.01. The number of rotatable bonds is 1. The van der Waals surface area contributed by atoms with Crippen molar-refractivity contribution in [1.82, 2.24) is 9.55 Å². The molecule has 2 aromatic rings.